The predicted octanol–water partition coefficient (Wildman–Crippen LogP) is 5.26. The zero-order valence-corrected chi connectivity index (χ0v) is 23.1. The molecule has 200 valence electrons. The Morgan fingerprint density at radius 1 is 1.09 bits per heavy atom. The van der Waals surface area contributed by atoms with Gasteiger partial charge in [-0.05, 0) is 86.9 Å². The van der Waals surface area contributed by atoms with Gasteiger partial charge in [-0.3, -0.25) is 4.79 Å². The van der Waals surface area contributed by atoms with Gasteiger partial charge in [-0.15, -0.1) is 0 Å². The van der Waals surface area contributed by atoms with Crippen LogP contribution >= 0.6 is 0 Å². The van der Waals surface area contributed by atoms with Crippen molar-refractivity contribution in [3.63, 3.8) is 0 Å². The first kappa shape index (κ1) is 27.1. The van der Waals surface area contributed by atoms with Gasteiger partial charge in [0.25, 0.3) is 0 Å². The van der Waals surface area contributed by atoms with Crippen molar-refractivity contribution < 1.29 is 24.9 Å². The topological polar surface area (TPSA) is 87.0 Å². The van der Waals surface area contributed by atoms with Crippen molar-refractivity contribution in [2.45, 2.75) is 124 Å². The minimum atomic E-state index is -1.35. The summed E-state index contributed by atoms with van der Waals surface area (Å²) in [5.41, 5.74) is -0.459. The van der Waals surface area contributed by atoms with Crippen LogP contribution in [0.1, 0.15) is 99.8 Å². The molecule has 0 aliphatic heterocycles. The van der Waals surface area contributed by atoms with E-state index in [4.69, 9.17) is 4.74 Å². The number of rotatable bonds is 5. The summed E-state index contributed by atoms with van der Waals surface area (Å²) in [4.78, 5) is 12.3. The molecule has 4 aliphatic carbocycles. The molecule has 4 fully saturated rings. The summed E-state index contributed by atoms with van der Waals surface area (Å²) in [6.07, 6.45) is 6.92. The number of esters is 1. The van der Waals surface area contributed by atoms with Crippen LogP contribution in [0, 0.1) is 46.3 Å². The van der Waals surface area contributed by atoms with Crippen molar-refractivity contribution in [1.82, 2.24) is 0 Å². The lowest BCUT2D eigenvalue weighted by Gasteiger charge is -2.66. The van der Waals surface area contributed by atoms with Gasteiger partial charge in [-0.2, -0.15) is 0 Å². The summed E-state index contributed by atoms with van der Waals surface area (Å²) >= 11 is 0. The fourth-order valence-corrected chi connectivity index (χ4v) is 9.85. The van der Waals surface area contributed by atoms with Crippen LogP contribution in [0.5, 0.6) is 0 Å². The Morgan fingerprint density at radius 2 is 1.77 bits per heavy atom. The Balaban J connectivity index is 1.71. The Hall–Kier alpha value is -0.910. The molecule has 4 saturated carbocycles. The maximum absolute atomic E-state index is 12.3. The third-order valence-corrected chi connectivity index (χ3v) is 11.0. The predicted molar refractivity (Wildman–Crippen MR) is 137 cm³/mol. The lowest BCUT2D eigenvalue weighted by atomic mass is 9.41. The Bertz CT molecular complexity index is 837. The number of hydrogen-bond donors (Lipinski definition) is 3. The number of ether oxygens (including phenoxy) is 1. The molecule has 0 saturated heterocycles. The van der Waals surface area contributed by atoms with E-state index in [0.717, 1.165) is 25.7 Å². The maximum atomic E-state index is 12.3. The van der Waals surface area contributed by atoms with Crippen molar-refractivity contribution in [2.24, 2.45) is 46.3 Å². The van der Waals surface area contributed by atoms with Crippen LogP contribution in [0.3, 0.4) is 0 Å². The van der Waals surface area contributed by atoms with E-state index in [-0.39, 0.29) is 35.7 Å². The molecule has 11 atom stereocenters. The van der Waals surface area contributed by atoms with Crippen molar-refractivity contribution in [1.29, 1.82) is 0 Å². The number of allylic oxidation sites excluding steroid dienone is 2. The van der Waals surface area contributed by atoms with Crippen molar-refractivity contribution >= 4 is 5.97 Å². The summed E-state index contributed by atoms with van der Waals surface area (Å²) in [7, 11) is 0. The molecule has 0 aromatic rings. The van der Waals surface area contributed by atoms with E-state index >= 15 is 0 Å². The van der Waals surface area contributed by atoms with Crippen LogP contribution in [0.4, 0.5) is 0 Å². The highest BCUT2D eigenvalue weighted by atomic mass is 16.5. The second-order valence-electron chi connectivity index (χ2n) is 13.8. The average Bonchev–Trinajstić information content (AvgIpc) is 3.06. The van der Waals surface area contributed by atoms with Crippen LogP contribution in [0.15, 0.2) is 11.6 Å². The van der Waals surface area contributed by atoms with Crippen LogP contribution < -0.4 is 0 Å². The van der Waals surface area contributed by atoms with E-state index in [0.29, 0.717) is 42.9 Å². The molecular weight excluding hydrogens is 440 g/mol. The minimum Gasteiger partial charge on any atom is -0.462 e. The van der Waals surface area contributed by atoms with Gasteiger partial charge in [0.05, 0.1) is 17.8 Å². The molecule has 5 nitrogen and oxygen atoms in total. The third kappa shape index (κ3) is 4.42. The Morgan fingerprint density at radius 3 is 2.40 bits per heavy atom. The molecule has 0 unspecified atom stereocenters. The zero-order valence-electron chi connectivity index (χ0n) is 23.1. The quantitative estimate of drug-likeness (QED) is 0.361. The summed E-state index contributed by atoms with van der Waals surface area (Å²) in [5.74, 6) is 1.97. The third-order valence-electron chi connectivity index (χ3n) is 11.0. The Kier molecular flexibility index (Phi) is 7.32. The number of aliphatic hydroxyl groups is 3. The van der Waals surface area contributed by atoms with Gasteiger partial charge in [0.1, 0.15) is 6.10 Å². The van der Waals surface area contributed by atoms with Crippen molar-refractivity contribution in [3.05, 3.63) is 11.6 Å². The van der Waals surface area contributed by atoms with Gasteiger partial charge in [0.15, 0.2) is 0 Å². The molecular formula is C30H50O5. The van der Waals surface area contributed by atoms with Gasteiger partial charge in [0.2, 0.25) is 0 Å². The monoisotopic (exact) mass is 490 g/mol. The van der Waals surface area contributed by atoms with Gasteiger partial charge in [-0.25, -0.2) is 0 Å². The lowest BCUT2D eigenvalue weighted by Crippen LogP contribution is -2.71. The highest BCUT2D eigenvalue weighted by Gasteiger charge is 2.70. The molecule has 0 aromatic heterocycles. The molecule has 0 aromatic carbocycles. The average molecular weight is 491 g/mol. The molecule has 4 rings (SSSR count). The highest BCUT2D eigenvalue weighted by molar-refractivity contribution is 5.66. The van der Waals surface area contributed by atoms with E-state index in [9.17, 15) is 20.1 Å². The molecule has 3 N–H and O–H groups in total. The first-order valence-electron chi connectivity index (χ1n) is 14.2. The minimum absolute atomic E-state index is 0.00218. The van der Waals surface area contributed by atoms with Crippen LogP contribution in [-0.4, -0.2) is 45.2 Å². The summed E-state index contributed by atoms with van der Waals surface area (Å²) in [6.45, 7) is 15.1. The smallest absolute Gasteiger partial charge is 0.302 e. The summed E-state index contributed by atoms with van der Waals surface area (Å²) in [6, 6.07) is 0. The second kappa shape index (κ2) is 9.44. The lowest BCUT2D eigenvalue weighted by molar-refractivity contribution is -0.284. The van der Waals surface area contributed by atoms with E-state index in [1.165, 1.54) is 12.5 Å². The normalized spacial score (nSPS) is 48.7. The fourth-order valence-electron chi connectivity index (χ4n) is 9.85. The van der Waals surface area contributed by atoms with E-state index in [1.807, 2.05) is 0 Å². The van der Waals surface area contributed by atoms with Gasteiger partial charge < -0.3 is 20.1 Å². The number of carbonyl (C=O) groups excluding carboxylic acids is 1. The maximum Gasteiger partial charge on any atom is 0.302 e. The second-order valence-corrected chi connectivity index (χ2v) is 13.8. The summed E-state index contributed by atoms with van der Waals surface area (Å²) < 4.78 is 6.11. The molecule has 0 amide bonds. The van der Waals surface area contributed by atoms with E-state index in [2.05, 4.69) is 47.6 Å². The standard InChI is InChI=1S/C30H50O5/c1-17(2)12-18(3)13-19(4)23-8-9-24-22-14-26(33)30(34)15-21(32)10-11-29(30,7)27(22)25(35-20(5)31)16-28(23,24)6/h13,17,19,21-27,32-34H,8-12,14-16H2,1-7H3/b18-13+/t19-,21+,22+,23-,24+,25-,26-,27-,28-,29-,30+/m1/s1. The van der Waals surface area contributed by atoms with Crippen LogP contribution in [0.25, 0.3) is 0 Å². The first-order chi connectivity index (χ1) is 16.2. The highest BCUT2D eigenvalue weighted by Crippen LogP contribution is 2.69. The number of hydrogen-bond acceptors (Lipinski definition) is 5. The SMILES string of the molecule is CC(=O)O[C@@H]1C[C@]2(C)[C@@H]([C@H](C)/C=C(\C)CC(C)C)CC[C@H]2[C@@H]2C[C@@H](O)[C@@]3(O)C[C@@H](O)CC[C@]3(C)[C@H]21. The molecule has 0 radical (unpaired) electrons. The van der Waals surface area contributed by atoms with Gasteiger partial charge >= 0.3 is 5.97 Å². The molecule has 0 spiro atoms. The van der Waals surface area contributed by atoms with E-state index in [1.54, 1.807) is 0 Å². The van der Waals surface area contributed by atoms with Gasteiger partial charge in [-0.1, -0.05) is 46.3 Å². The summed E-state index contributed by atoms with van der Waals surface area (Å²) in [5, 5.41) is 33.6. The number of fused-ring (bicyclic) bond motifs is 5. The molecule has 0 bridgehead atoms. The number of aliphatic hydroxyl groups excluding tert-OH is 2. The fraction of sp³-hybridized carbons (Fsp3) is 0.900. The van der Waals surface area contributed by atoms with Gasteiger partial charge in [0, 0.05) is 24.7 Å². The molecule has 4 aliphatic rings. The zero-order chi connectivity index (χ0) is 25.9. The molecule has 5 heteroatoms. The largest absolute Gasteiger partial charge is 0.462 e. The molecule has 0 heterocycles. The van der Waals surface area contributed by atoms with E-state index < -0.39 is 23.2 Å². The molecule has 35 heavy (non-hydrogen) atoms. The Labute approximate surface area is 212 Å². The number of carbonyl (C=O) groups is 1. The van der Waals surface area contributed by atoms with Crippen molar-refractivity contribution in [2.75, 3.05) is 0 Å². The van der Waals surface area contributed by atoms with Crippen LogP contribution in [-0.2, 0) is 9.53 Å². The first-order valence-corrected chi connectivity index (χ1v) is 14.2. The van der Waals surface area contributed by atoms with Crippen LogP contribution in [0.2, 0.25) is 0 Å². The van der Waals surface area contributed by atoms with Crippen molar-refractivity contribution in [3.8, 4) is 0 Å².